The maximum Gasteiger partial charge on any atom is 0.197 e. The summed E-state index contributed by atoms with van der Waals surface area (Å²) in [6.45, 7) is 16.1. The molecule has 3 heteroatoms. The van der Waals surface area contributed by atoms with E-state index in [1.807, 2.05) is 116 Å². The molecule has 0 aromatic heterocycles. The predicted molar refractivity (Wildman–Crippen MR) is 160 cm³/mol. The number of hydrogen-bond donors (Lipinski definition) is 0. The average Bonchev–Trinajstić information content (AvgIpc) is 2.86. The molecule has 0 heterocycles. The molecule has 0 saturated carbocycles. The molecule has 3 nitrogen and oxygen atoms in total. The maximum absolute atomic E-state index is 14.1. The van der Waals surface area contributed by atoms with Gasteiger partial charge >= 0.3 is 0 Å². The van der Waals surface area contributed by atoms with Gasteiger partial charge in [-0.15, -0.1) is 0 Å². The number of carbonyl (C=O) groups excluding carboxylic acids is 2. The van der Waals surface area contributed by atoms with E-state index in [0.29, 0.717) is 46.6 Å². The van der Waals surface area contributed by atoms with Crippen LogP contribution >= 0.6 is 0 Å². The zero-order valence-corrected chi connectivity index (χ0v) is 24.4. The second-order valence-corrected chi connectivity index (χ2v) is 10.6. The van der Waals surface area contributed by atoms with Crippen LogP contribution in [0.4, 0.5) is 0 Å². The fraction of sp³-hybridized carbons (Fsp3) is 0.278. The van der Waals surface area contributed by atoms with Crippen LogP contribution in [0.3, 0.4) is 0 Å². The van der Waals surface area contributed by atoms with Crippen molar-refractivity contribution in [3.8, 4) is 11.5 Å². The Balaban J connectivity index is 1.89. The molecule has 0 unspecified atom stereocenters. The van der Waals surface area contributed by atoms with Crippen LogP contribution in [0, 0.1) is 41.5 Å². The van der Waals surface area contributed by atoms with Gasteiger partial charge in [-0.05, 0) is 99.9 Å². The van der Waals surface area contributed by atoms with Gasteiger partial charge in [0, 0.05) is 11.1 Å². The van der Waals surface area contributed by atoms with Crippen LogP contribution in [-0.4, -0.2) is 11.6 Å². The summed E-state index contributed by atoms with van der Waals surface area (Å²) in [4.78, 5) is 28.3. The minimum absolute atomic E-state index is 0.0535. The Morgan fingerprint density at radius 1 is 0.538 bits per heavy atom. The zero-order valence-electron chi connectivity index (χ0n) is 24.4. The van der Waals surface area contributed by atoms with Crippen molar-refractivity contribution in [3.05, 3.63) is 127 Å². The van der Waals surface area contributed by atoms with E-state index in [-0.39, 0.29) is 11.6 Å². The number of aryl methyl sites for hydroxylation is 8. The van der Waals surface area contributed by atoms with E-state index in [2.05, 4.69) is 0 Å². The van der Waals surface area contributed by atoms with Crippen molar-refractivity contribution < 1.29 is 14.3 Å². The van der Waals surface area contributed by atoms with E-state index in [4.69, 9.17) is 4.74 Å². The Hall–Kier alpha value is -3.98. The molecule has 0 fully saturated rings. The highest BCUT2D eigenvalue weighted by molar-refractivity contribution is 6.14. The lowest BCUT2D eigenvalue weighted by atomic mass is 9.89. The molecule has 0 atom stereocenters. The number of benzene rings is 4. The molecule has 4 aromatic rings. The summed E-state index contributed by atoms with van der Waals surface area (Å²) in [7, 11) is 0. The highest BCUT2D eigenvalue weighted by Gasteiger charge is 2.26. The highest BCUT2D eigenvalue weighted by Crippen LogP contribution is 2.36. The molecule has 0 bridgehead atoms. The lowest BCUT2D eigenvalue weighted by Gasteiger charge is -2.20. The molecule has 0 amide bonds. The van der Waals surface area contributed by atoms with Gasteiger partial charge in [-0.3, -0.25) is 9.59 Å². The molecule has 0 radical (unpaired) electrons. The van der Waals surface area contributed by atoms with Crippen molar-refractivity contribution in [2.45, 2.75) is 68.2 Å². The van der Waals surface area contributed by atoms with Gasteiger partial charge in [0.25, 0.3) is 0 Å². The highest BCUT2D eigenvalue weighted by atomic mass is 16.5. The molecule has 200 valence electrons. The van der Waals surface area contributed by atoms with E-state index < -0.39 is 0 Å². The Kier molecular flexibility index (Phi) is 8.20. The van der Waals surface area contributed by atoms with Crippen molar-refractivity contribution in [3.63, 3.8) is 0 Å². The number of ketones is 2. The third kappa shape index (κ3) is 5.45. The summed E-state index contributed by atoms with van der Waals surface area (Å²) in [5.74, 6) is 0.834. The molecular formula is C36H38O3. The topological polar surface area (TPSA) is 43.4 Å². The summed E-state index contributed by atoms with van der Waals surface area (Å²) in [5, 5.41) is 0. The molecule has 0 saturated heterocycles. The lowest BCUT2D eigenvalue weighted by molar-refractivity contribution is 0.103. The molecule has 39 heavy (non-hydrogen) atoms. The van der Waals surface area contributed by atoms with Crippen LogP contribution in [-0.2, 0) is 12.8 Å². The zero-order chi connectivity index (χ0) is 28.4. The first-order valence-corrected chi connectivity index (χ1v) is 13.7. The standard InChI is InChI=1S/C36H38O3/c1-9-27-13-11-15-29(33(27)35(37)31-23(5)17-21(3)18-24(31)6)39-30-16-12-14-28(10-2)34(30)36(38)32-25(7)19-22(4)20-26(32)8/h11-20H,9-10H2,1-8H3. The molecule has 4 rings (SSSR count). The first-order chi connectivity index (χ1) is 18.6. The molecule has 0 aliphatic rings. The third-order valence-electron chi connectivity index (χ3n) is 7.47. The van der Waals surface area contributed by atoms with Crippen molar-refractivity contribution in [2.24, 2.45) is 0 Å². The van der Waals surface area contributed by atoms with E-state index in [9.17, 15) is 9.59 Å². The van der Waals surface area contributed by atoms with E-state index in [1.165, 1.54) is 0 Å². The Morgan fingerprint density at radius 3 is 1.18 bits per heavy atom. The van der Waals surface area contributed by atoms with Crippen molar-refractivity contribution in [2.75, 3.05) is 0 Å². The average molecular weight is 519 g/mol. The minimum Gasteiger partial charge on any atom is -0.456 e. The SMILES string of the molecule is CCc1cccc(Oc2cccc(CC)c2C(=O)c2c(C)cc(C)cc2C)c1C(=O)c1c(C)cc(C)cc1C. The molecule has 0 aliphatic heterocycles. The number of ether oxygens (including phenoxy) is 1. The quantitative estimate of drug-likeness (QED) is 0.219. The first kappa shape index (κ1) is 28.0. The fourth-order valence-electron chi connectivity index (χ4n) is 5.87. The van der Waals surface area contributed by atoms with Crippen LogP contribution in [0.15, 0.2) is 60.7 Å². The Bertz CT molecular complexity index is 1420. The van der Waals surface area contributed by atoms with Gasteiger partial charge in [0.15, 0.2) is 11.6 Å². The van der Waals surface area contributed by atoms with Gasteiger partial charge in [-0.25, -0.2) is 0 Å². The summed E-state index contributed by atoms with van der Waals surface area (Å²) in [6.07, 6.45) is 1.37. The minimum atomic E-state index is -0.0535. The smallest absolute Gasteiger partial charge is 0.197 e. The molecule has 0 N–H and O–H groups in total. The molecule has 0 spiro atoms. The molecule has 0 aliphatic carbocycles. The normalized spacial score (nSPS) is 11.0. The number of hydrogen-bond acceptors (Lipinski definition) is 3. The van der Waals surface area contributed by atoms with Gasteiger partial charge in [0.05, 0.1) is 11.1 Å². The summed E-state index contributed by atoms with van der Waals surface area (Å²) in [5.41, 5.74) is 10.4. The van der Waals surface area contributed by atoms with E-state index in [0.717, 1.165) is 44.5 Å². The van der Waals surface area contributed by atoms with Crippen LogP contribution in [0.25, 0.3) is 0 Å². The van der Waals surface area contributed by atoms with Crippen LogP contribution in [0.2, 0.25) is 0 Å². The van der Waals surface area contributed by atoms with Gasteiger partial charge in [0.1, 0.15) is 11.5 Å². The summed E-state index contributed by atoms with van der Waals surface area (Å²) >= 11 is 0. The monoisotopic (exact) mass is 518 g/mol. The first-order valence-electron chi connectivity index (χ1n) is 13.7. The van der Waals surface area contributed by atoms with Gasteiger partial charge in [-0.1, -0.05) is 73.5 Å². The second-order valence-electron chi connectivity index (χ2n) is 10.6. The van der Waals surface area contributed by atoms with E-state index >= 15 is 0 Å². The Morgan fingerprint density at radius 2 is 0.872 bits per heavy atom. The number of carbonyl (C=O) groups is 2. The lowest BCUT2D eigenvalue weighted by Crippen LogP contribution is -2.13. The maximum atomic E-state index is 14.1. The second kappa shape index (κ2) is 11.4. The summed E-state index contributed by atoms with van der Waals surface area (Å²) < 4.78 is 6.58. The number of rotatable bonds is 8. The van der Waals surface area contributed by atoms with Crippen LogP contribution < -0.4 is 4.74 Å². The van der Waals surface area contributed by atoms with Gasteiger partial charge in [-0.2, -0.15) is 0 Å². The fourth-order valence-corrected chi connectivity index (χ4v) is 5.87. The van der Waals surface area contributed by atoms with Crippen molar-refractivity contribution in [1.29, 1.82) is 0 Å². The molecular weight excluding hydrogens is 480 g/mol. The summed E-state index contributed by atoms with van der Waals surface area (Å²) in [6, 6.07) is 19.6. The van der Waals surface area contributed by atoms with Crippen molar-refractivity contribution >= 4 is 11.6 Å². The van der Waals surface area contributed by atoms with Crippen molar-refractivity contribution in [1.82, 2.24) is 0 Å². The van der Waals surface area contributed by atoms with Crippen LogP contribution in [0.1, 0.15) is 90.2 Å². The van der Waals surface area contributed by atoms with Crippen LogP contribution in [0.5, 0.6) is 11.5 Å². The van der Waals surface area contributed by atoms with E-state index in [1.54, 1.807) is 0 Å². The molecule has 4 aromatic carbocycles. The largest absolute Gasteiger partial charge is 0.456 e. The van der Waals surface area contributed by atoms with Gasteiger partial charge < -0.3 is 4.74 Å². The predicted octanol–water partition coefficient (Wildman–Crippen LogP) is 8.92. The Labute approximate surface area is 232 Å². The van der Waals surface area contributed by atoms with Gasteiger partial charge in [0.2, 0.25) is 0 Å². The third-order valence-corrected chi connectivity index (χ3v) is 7.47.